The summed E-state index contributed by atoms with van der Waals surface area (Å²) in [6, 6.07) is 11.3. The van der Waals surface area contributed by atoms with Gasteiger partial charge in [0.1, 0.15) is 5.75 Å². The summed E-state index contributed by atoms with van der Waals surface area (Å²) in [5, 5.41) is 2.90. The summed E-state index contributed by atoms with van der Waals surface area (Å²) in [6.07, 6.45) is 0. The minimum Gasteiger partial charge on any atom is -0.496 e. The summed E-state index contributed by atoms with van der Waals surface area (Å²) in [5.41, 5.74) is 2.51. The molecule has 0 aliphatic rings. The van der Waals surface area contributed by atoms with Crippen LogP contribution in [0, 0.1) is 0 Å². The van der Waals surface area contributed by atoms with Crippen molar-refractivity contribution in [1.29, 1.82) is 0 Å². The Kier molecular flexibility index (Phi) is 6.11. The molecule has 0 fully saturated rings. The number of benzene rings is 2. The van der Waals surface area contributed by atoms with Crippen LogP contribution < -0.4 is 24.4 Å². The van der Waals surface area contributed by atoms with Gasteiger partial charge in [-0.25, -0.2) is 0 Å². The Bertz CT molecular complexity index is 727. The van der Waals surface area contributed by atoms with Gasteiger partial charge in [-0.1, -0.05) is 12.1 Å². The molecule has 0 radical (unpaired) electrons. The van der Waals surface area contributed by atoms with Crippen LogP contribution in [0.2, 0.25) is 0 Å². The molecule has 0 spiro atoms. The fraction of sp³-hybridized carbons (Fsp3) is 0.316. The van der Waals surface area contributed by atoms with Crippen molar-refractivity contribution >= 4 is 11.6 Å². The zero-order valence-electron chi connectivity index (χ0n) is 15.3. The largest absolute Gasteiger partial charge is 0.496 e. The van der Waals surface area contributed by atoms with E-state index in [4.69, 9.17) is 14.2 Å². The van der Waals surface area contributed by atoms with Gasteiger partial charge in [-0.3, -0.25) is 4.79 Å². The summed E-state index contributed by atoms with van der Waals surface area (Å²) >= 11 is 0. The Hall–Kier alpha value is -2.89. The van der Waals surface area contributed by atoms with Gasteiger partial charge in [0, 0.05) is 38.5 Å². The van der Waals surface area contributed by atoms with Crippen molar-refractivity contribution in [2.75, 3.05) is 40.3 Å². The van der Waals surface area contributed by atoms with Gasteiger partial charge >= 0.3 is 0 Å². The topological polar surface area (TPSA) is 60.0 Å². The fourth-order valence-corrected chi connectivity index (χ4v) is 2.40. The van der Waals surface area contributed by atoms with E-state index in [2.05, 4.69) is 5.32 Å². The third-order valence-electron chi connectivity index (χ3n) is 3.86. The van der Waals surface area contributed by atoms with E-state index in [-0.39, 0.29) is 5.91 Å². The van der Waals surface area contributed by atoms with Crippen LogP contribution in [0.15, 0.2) is 36.4 Å². The molecule has 1 N–H and O–H groups in total. The Morgan fingerprint density at radius 3 is 2.00 bits per heavy atom. The van der Waals surface area contributed by atoms with E-state index >= 15 is 0 Å². The number of anilines is 1. The summed E-state index contributed by atoms with van der Waals surface area (Å²) in [4.78, 5) is 14.6. The molecule has 6 heteroatoms. The van der Waals surface area contributed by atoms with Crippen molar-refractivity contribution in [3.05, 3.63) is 47.5 Å². The lowest BCUT2D eigenvalue weighted by Gasteiger charge is -2.15. The van der Waals surface area contributed by atoms with Crippen LogP contribution in [0.5, 0.6) is 17.2 Å². The standard InChI is InChI=1S/C19H24N2O4/c1-21(2)14-8-6-13(7-9-14)12-20-19(22)15-10-17(24-4)18(25-5)11-16(15)23-3/h6-11H,12H2,1-5H3,(H,20,22). The molecule has 2 aromatic carbocycles. The highest BCUT2D eigenvalue weighted by molar-refractivity contribution is 5.97. The average Bonchev–Trinajstić information content (AvgIpc) is 2.65. The van der Waals surface area contributed by atoms with Crippen LogP contribution in [0.1, 0.15) is 15.9 Å². The maximum Gasteiger partial charge on any atom is 0.255 e. The number of carbonyl (C=O) groups is 1. The molecule has 0 bridgehead atoms. The fourth-order valence-electron chi connectivity index (χ4n) is 2.40. The molecule has 0 aromatic heterocycles. The minimum absolute atomic E-state index is 0.241. The predicted molar refractivity (Wildman–Crippen MR) is 98.0 cm³/mol. The highest BCUT2D eigenvalue weighted by Gasteiger charge is 2.17. The predicted octanol–water partition coefficient (Wildman–Crippen LogP) is 2.71. The van der Waals surface area contributed by atoms with E-state index in [0.717, 1.165) is 11.3 Å². The van der Waals surface area contributed by atoms with E-state index in [1.807, 2.05) is 43.3 Å². The highest BCUT2D eigenvalue weighted by Crippen LogP contribution is 2.34. The van der Waals surface area contributed by atoms with Crippen LogP contribution in [-0.2, 0) is 6.54 Å². The molecule has 0 heterocycles. The van der Waals surface area contributed by atoms with E-state index in [1.54, 1.807) is 12.1 Å². The molecule has 25 heavy (non-hydrogen) atoms. The second-order valence-corrected chi connectivity index (χ2v) is 5.65. The van der Waals surface area contributed by atoms with Crippen LogP contribution in [-0.4, -0.2) is 41.3 Å². The monoisotopic (exact) mass is 344 g/mol. The first-order chi connectivity index (χ1) is 12.0. The van der Waals surface area contributed by atoms with Gasteiger partial charge in [0.15, 0.2) is 11.5 Å². The molecular formula is C19H24N2O4. The molecule has 0 atom stereocenters. The molecule has 0 aliphatic carbocycles. The Morgan fingerprint density at radius 1 is 0.920 bits per heavy atom. The maximum absolute atomic E-state index is 12.5. The smallest absolute Gasteiger partial charge is 0.255 e. The number of amides is 1. The average molecular weight is 344 g/mol. The Balaban J connectivity index is 2.14. The van der Waals surface area contributed by atoms with Crippen LogP contribution >= 0.6 is 0 Å². The van der Waals surface area contributed by atoms with Crippen LogP contribution in [0.4, 0.5) is 5.69 Å². The zero-order chi connectivity index (χ0) is 18.4. The van der Waals surface area contributed by atoms with E-state index in [9.17, 15) is 4.79 Å². The van der Waals surface area contributed by atoms with Crippen molar-refractivity contribution in [3.8, 4) is 17.2 Å². The van der Waals surface area contributed by atoms with Crippen LogP contribution in [0.25, 0.3) is 0 Å². The second-order valence-electron chi connectivity index (χ2n) is 5.65. The number of hydrogen-bond donors (Lipinski definition) is 1. The van der Waals surface area contributed by atoms with Gasteiger partial charge in [-0.15, -0.1) is 0 Å². The third-order valence-corrected chi connectivity index (χ3v) is 3.86. The lowest BCUT2D eigenvalue weighted by molar-refractivity contribution is 0.0947. The Labute approximate surface area is 148 Å². The quantitative estimate of drug-likeness (QED) is 0.837. The van der Waals surface area contributed by atoms with E-state index in [1.165, 1.54) is 21.3 Å². The lowest BCUT2D eigenvalue weighted by Crippen LogP contribution is -2.23. The number of ether oxygens (including phenoxy) is 3. The number of hydrogen-bond acceptors (Lipinski definition) is 5. The summed E-state index contributed by atoms with van der Waals surface area (Å²) < 4.78 is 15.8. The Morgan fingerprint density at radius 2 is 1.48 bits per heavy atom. The van der Waals surface area contributed by atoms with Gasteiger partial charge in [0.05, 0.1) is 26.9 Å². The lowest BCUT2D eigenvalue weighted by atomic mass is 10.1. The first-order valence-electron chi connectivity index (χ1n) is 7.84. The summed E-state index contributed by atoms with van der Waals surface area (Å²) in [6.45, 7) is 0.421. The molecule has 6 nitrogen and oxygen atoms in total. The van der Waals surface area contributed by atoms with Crippen molar-refractivity contribution in [2.45, 2.75) is 6.54 Å². The molecule has 134 valence electrons. The van der Waals surface area contributed by atoms with Crippen molar-refractivity contribution < 1.29 is 19.0 Å². The molecule has 0 aliphatic heterocycles. The van der Waals surface area contributed by atoms with Crippen molar-refractivity contribution in [1.82, 2.24) is 5.32 Å². The molecule has 0 saturated carbocycles. The third kappa shape index (κ3) is 4.35. The SMILES string of the molecule is COc1cc(OC)c(C(=O)NCc2ccc(N(C)C)cc2)cc1OC. The van der Waals surface area contributed by atoms with Gasteiger partial charge in [-0.2, -0.15) is 0 Å². The number of nitrogens with zero attached hydrogens (tertiary/aromatic N) is 1. The number of rotatable bonds is 7. The molecule has 1 amide bonds. The second kappa shape index (κ2) is 8.28. The van der Waals surface area contributed by atoms with E-state index < -0.39 is 0 Å². The maximum atomic E-state index is 12.5. The number of methoxy groups -OCH3 is 3. The van der Waals surface area contributed by atoms with Gasteiger partial charge < -0.3 is 24.4 Å². The summed E-state index contributed by atoms with van der Waals surface area (Å²) in [5.74, 6) is 1.17. The highest BCUT2D eigenvalue weighted by atomic mass is 16.5. The van der Waals surface area contributed by atoms with Gasteiger partial charge in [-0.05, 0) is 17.7 Å². The minimum atomic E-state index is -0.241. The van der Waals surface area contributed by atoms with Gasteiger partial charge in [0.2, 0.25) is 0 Å². The zero-order valence-corrected chi connectivity index (χ0v) is 15.3. The summed E-state index contributed by atoms with van der Waals surface area (Å²) in [7, 11) is 8.55. The number of nitrogens with one attached hydrogen (secondary N) is 1. The molecule has 2 rings (SSSR count). The normalized spacial score (nSPS) is 10.1. The van der Waals surface area contributed by atoms with Gasteiger partial charge in [0.25, 0.3) is 5.91 Å². The first-order valence-corrected chi connectivity index (χ1v) is 7.84. The molecule has 0 saturated heterocycles. The number of carbonyl (C=O) groups excluding carboxylic acids is 1. The van der Waals surface area contributed by atoms with Crippen molar-refractivity contribution in [2.24, 2.45) is 0 Å². The van der Waals surface area contributed by atoms with Crippen LogP contribution in [0.3, 0.4) is 0 Å². The molecule has 2 aromatic rings. The first kappa shape index (κ1) is 18.4. The van der Waals surface area contributed by atoms with Crippen molar-refractivity contribution in [3.63, 3.8) is 0 Å². The molecule has 0 unspecified atom stereocenters. The molecular weight excluding hydrogens is 320 g/mol. The van der Waals surface area contributed by atoms with E-state index in [0.29, 0.717) is 29.4 Å².